The van der Waals surface area contributed by atoms with E-state index < -0.39 is 0 Å². The van der Waals surface area contributed by atoms with Crippen molar-refractivity contribution in [3.05, 3.63) is 104 Å². The quantitative estimate of drug-likeness (QED) is 0.143. The van der Waals surface area contributed by atoms with Crippen molar-refractivity contribution in [2.45, 2.75) is 51.5 Å². The van der Waals surface area contributed by atoms with Gasteiger partial charge in [0.1, 0.15) is 0 Å². The lowest BCUT2D eigenvalue weighted by Crippen LogP contribution is -2.19. The average molecular weight is 509 g/mol. The van der Waals surface area contributed by atoms with E-state index in [9.17, 15) is 10.1 Å². The Morgan fingerprint density at radius 2 is 1.78 bits per heavy atom. The molecule has 1 fully saturated rings. The van der Waals surface area contributed by atoms with E-state index in [1.54, 1.807) is 23.5 Å². The number of hydrogen-bond acceptors (Lipinski definition) is 5. The summed E-state index contributed by atoms with van der Waals surface area (Å²) in [6, 6.07) is 22.2. The van der Waals surface area contributed by atoms with Gasteiger partial charge in [0.15, 0.2) is 0 Å². The zero-order valence-electron chi connectivity index (χ0n) is 20.8. The molecule has 0 spiro atoms. The van der Waals surface area contributed by atoms with Gasteiger partial charge in [-0.1, -0.05) is 67.8 Å². The van der Waals surface area contributed by atoms with Gasteiger partial charge in [0, 0.05) is 23.1 Å². The number of nitro benzene ring substituents is 1. The summed E-state index contributed by atoms with van der Waals surface area (Å²) in [6.45, 7) is 2.02. The molecule has 0 unspecified atom stereocenters. The Balaban J connectivity index is 1.43. The van der Waals surface area contributed by atoms with E-state index in [4.69, 9.17) is 10.1 Å². The van der Waals surface area contributed by atoms with Crippen molar-refractivity contribution in [3.63, 3.8) is 0 Å². The maximum atomic E-state index is 11.4. The van der Waals surface area contributed by atoms with Gasteiger partial charge in [-0.25, -0.2) is 4.68 Å². The first-order valence-electron chi connectivity index (χ1n) is 12.8. The number of rotatable bonds is 5. The highest BCUT2D eigenvalue weighted by Gasteiger charge is 2.19. The lowest BCUT2D eigenvalue weighted by atomic mass is 9.96. The predicted octanol–water partition coefficient (Wildman–Crippen LogP) is 7.20. The average Bonchev–Trinajstić information content (AvgIpc) is 3.49. The largest absolute Gasteiger partial charge is 0.270 e. The molecule has 186 valence electrons. The molecule has 7 heteroatoms. The fourth-order valence-corrected chi connectivity index (χ4v) is 6.31. The van der Waals surface area contributed by atoms with Crippen LogP contribution in [-0.2, 0) is 6.42 Å². The molecule has 0 N–H and O–H groups in total. The molecule has 2 aliphatic rings. The van der Waals surface area contributed by atoms with Crippen LogP contribution in [0.4, 0.5) is 5.69 Å². The number of fused-ring (bicyclic) bond motifs is 3. The van der Waals surface area contributed by atoms with Gasteiger partial charge in [0.25, 0.3) is 5.69 Å². The van der Waals surface area contributed by atoms with Crippen molar-refractivity contribution in [2.24, 2.45) is 10.1 Å². The minimum absolute atomic E-state index is 0.0694. The SMILES string of the molecule is CC(=Nn1c(-c2cccc([N+](=O)[O-])c2)csc1=NC1CCCCC1)c1ccc2c(c1)Cc1ccccc1-2. The standard InChI is InChI=1S/C30H28N4O2S/c1-20(21-14-15-28-24(16-21)17-22-8-5-6-13-27(22)28)32-33-29(23-9-7-12-26(18-23)34(35)36)19-37-30(33)31-25-10-3-2-4-11-25/h5-9,12-16,18-19,25H,2-4,10-11,17H2,1H3. The molecule has 0 amide bonds. The van der Waals surface area contributed by atoms with Crippen LogP contribution in [0.3, 0.4) is 0 Å². The Labute approximate surface area is 219 Å². The van der Waals surface area contributed by atoms with Crippen LogP contribution in [0.15, 0.2) is 82.2 Å². The zero-order valence-corrected chi connectivity index (χ0v) is 21.6. The first-order chi connectivity index (χ1) is 18.1. The first kappa shape index (κ1) is 23.6. The third-order valence-electron chi connectivity index (χ3n) is 7.37. The molecule has 6 rings (SSSR count). The number of nitrogens with zero attached hydrogens (tertiary/aromatic N) is 4. The second-order valence-electron chi connectivity index (χ2n) is 9.83. The fourth-order valence-electron chi connectivity index (χ4n) is 5.41. The summed E-state index contributed by atoms with van der Waals surface area (Å²) in [6.07, 6.45) is 6.80. The second-order valence-corrected chi connectivity index (χ2v) is 10.7. The van der Waals surface area contributed by atoms with Gasteiger partial charge in [-0.3, -0.25) is 15.1 Å². The van der Waals surface area contributed by atoms with Crippen LogP contribution in [-0.4, -0.2) is 21.4 Å². The zero-order chi connectivity index (χ0) is 25.4. The number of hydrogen-bond donors (Lipinski definition) is 0. The van der Waals surface area contributed by atoms with Crippen LogP contribution < -0.4 is 4.80 Å². The van der Waals surface area contributed by atoms with E-state index in [1.807, 2.05) is 23.0 Å². The van der Waals surface area contributed by atoms with Gasteiger partial charge < -0.3 is 0 Å². The molecular weight excluding hydrogens is 480 g/mol. The summed E-state index contributed by atoms with van der Waals surface area (Å²) in [5.41, 5.74) is 8.88. The van der Waals surface area contributed by atoms with Gasteiger partial charge in [-0.05, 0) is 60.1 Å². The molecule has 3 aromatic carbocycles. The molecule has 2 aliphatic carbocycles. The molecule has 4 aromatic rings. The number of non-ortho nitro benzene ring substituents is 1. The Morgan fingerprint density at radius 3 is 2.62 bits per heavy atom. The molecule has 0 atom stereocenters. The Morgan fingerprint density at radius 1 is 0.973 bits per heavy atom. The second kappa shape index (κ2) is 9.90. The van der Waals surface area contributed by atoms with Crippen LogP contribution >= 0.6 is 11.3 Å². The molecule has 0 bridgehead atoms. The summed E-state index contributed by atoms with van der Waals surface area (Å²) >= 11 is 1.55. The van der Waals surface area contributed by atoms with E-state index in [-0.39, 0.29) is 10.6 Å². The summed E-state index contributed by atoms with van der Waals surface area (Å²) in [4.78, 5) is 17.0. The molecule has 1 aromatic heterocycles. The Kier molecular flexibility index (Phi) is 6.30. The highest BCUT2D eigenvalue weighted by molar-refractivity contribution is 7.07. The van der Waals surface area contributed by atoms with Gasteiger partial charge in [-0.15, -0.1) is 11.3 Å². The predicted molar refractivity (Wildman–Crippen MR) is 149 cm³/mol. The molecule has 1 heterocycles. The Bertz CT molecular complexity index is 1590. The van der Waals surface area contributed by atoms with Crippen LogP contribution in [0.2, 0.25) is 0 Å². The topological polar surface area (TPSA) is 72.8 Å². The van der Waals surface area contributed by atoms with E-state index in [1.165, 1.54) is 47.6 Å². The lowest BCUT2D eigenvalue weighted by Gasteiger charge is -2.17. The van der Waals surface area contributed by atoms with E-state index in [0.717, 1.165) is 46.6 Å². The Hall–Kier alpha value is -3.84. The van der Waals surface area contributed by atoms with Crippen molar-refractivity contribution in [1.29, 1.82) is 0 Å². The highest BCUT2D eigenvalue weighted by atomic mass is 32.1. The molecule has 0 saturated heterocycles. The van der Waals surface area contributed by atoms with Crippen molar-refractivity contribution in [3.8, 4) is 22.4 Å². The monoisotopic (exact) mass is 508 g/mol. The van der Waals surface area contributed by atoms with Crippen LogP contribution in [0.25, 0.3) is 22.4 Å². The molecule has 1 saturated carbocycles. The molecule has 37 heavy (non-hydrogen) atoms. The lowest BCUT2D eigenvalue weighted by molar-refractivity contribution is -0.384. The number of benzene rings is 3. The smallest absolute Gasteiger partial charge is 0.258 e. The number of aromatic nitrogens is 1. The summed E-state index contributed by atoms with van der Waals surface area (Å²) in [5, 5.41) is 18.5. The fraction of sp³-hybridized carbons (Fsp3) is 0.267. The van der Waals surface area contributed by atoms with Crippen LogP contribution in [0.1, 0.15) is 55.7 Å². The summed E-state index contributed by atoms with van der Waals surface area (Å²) in [5.74, 6) is 0. The van der Waals surface area contributed by atoms with Crippen LogP contribution in [0.5, 0.6) is 0 Å². The third-order valence-corrected chi connectivity index (χ3v) is 8.20. The van der Waals surface area contributed by atoms with Gasteiger partial charge in [-0.2, -0.15) is 5.10 Å². The summed E-state index contributed by atoms with van der Waals surface area (Å²) in [7, 11) is 0. The first-order valence-corrected chi connectivity index (χ1v) is 13.7. The number of thiazole rings is 1. The van der Waals surface area contributed by atoms with Crippen LogP contribution in [0, 0.1) is 10.1 Å². The molecule has 0 aliphatic heterocycles. The summed E-state index contributed by atoms with van der Waals surface area (Å²) < 4.78 is 1.88. The van der Waals surface area contributed by atoms with E-state index in [0.29, 0.717) is 6.04 Å². The van der Waals surface area contributed by atoms with Crippen molar-refractivity contribution < 1.29 is 4.92 Å². The maximum absolute atomic E-state index is 11.4. The van der Waals surface area contributed by atoms with Gasteiger partial charge in [0.2, 0.25) is 4.80 Å². The molecular formula is C30H28N4O2S. The molecule has 0 radical (unpaired) electrons. The van der Waals surface area contributed by atoms with E-state index >= 15 is 0 Å². The van der Waals surface area contributed by atoms with Crippen molar-refractivity contribution in [2.75, 3.05) is 0 Å². The minimum atomic E-state index is -0.357. The maximum Gasteiger partial charge on any atom is 0.270 e. The van der Waals surface area contributed by atoms with Crippen molar-refractivity contribution in [1.82, 2.24) is 4.68 Å². The minimum Gasteiger partial charge on any atom is -0.258 e. The molecule has 6 nitrogen and oxygen atoms in total. The number of nitro groups is 1. The van der Waals surface area contributed by atoms with Crippen molar-refractivity contribution >= 4 is 22.7 Å². The highest BCUT2D eigenvalue weighted by Crippen LogP contribution is 2.37. The third kappa shape index (κ3) is 4.67. The van der Waals surface area contributed by atoms with Gasteiger partial charge in [0.05, 0.1) is 22.4 Å². The van der Waals surface area contributed by atoms with E-state index in [2.05, 4.69) is 42.5 Å². The normalized spacial score (nSPS) is 16.0. The van der Waals surface area contributed by atoms with Gasteiger partial charge >= 0.3 is 0 Å².